The summed E-state index contributed by atoms with van der Waals surface area (Å²) in [5, 5.41) is 3.92. The molecular weight excluding hydrogens is 396 g/mol. The number of rotatable bonds is 3. The molecule has 1 heterocycles. The second-order valence-electron chi connectivity index (χ2n) is 5.02. The third-order valence-electron chi connectivity index (χ3n) is 3.48. The van der Waals surface area contributed by atoms with E-state index in [2.05, 4.69) is 26.2 Å². The van der Waals surface area contributed by atoms with Crippen molar-refractivity contribution >= 4 is 56.0 Å². The molecule has 0 saturated heterocycles. The third-order valence-corrected chi connectivity index (χ3v) is 4.22. The van der Waals surface area contributed by atoms with Gasteiger partial charge in [0.2, 0.25) is 0 Å². The molecule has 7 heteroatoms. The Hall–Kier alpha value is -2.31. The van der Waals surface area contributed by atoms with Gasteiger partial charge < -0.3 is 15.0 Å². The van der Waals surface area contributed by atoms with Crippen molar-refractivity contribution in [1.29, 1.82) is 0 Å². The van der Waals surface area contributed by atoms with Crippen LogP contribution in [0.1, 0.15) is 20.8 Å². The monoisotopic (exact) mass is 406 g/mol. The highest BCUT2D eigenvalue weighted by Gasteiger charge is 2.24. The maximum absolute atomic E-state index is 12.6. The van der Waals surface area contributed by atoms with Gasteiger partial charge in [-0.25, -0.2) is 4.79 Å². The minimum atomic E-state index is -0.579. The summed E-state index contributed by atoms with van der Waals surface area (Å²) in [5.41, 5.74) is 1.57. The Morgan fingerprint density at radius 3 is 2.54 bits per heavy atom. The number of carbonyl (C=O) groups is 2. The zero-order valence-electron chi connectivity index (χ0n) is 12.5. The lowest BCUT2D eigenvalue weighted by molar-refractivity contribution is 0.0599. The van der Waals surface area contributed by atoms with Crippen LogP contribution in [0.15, 0.2) is 46.9 Å². The highest BCUT2D eigenvalue weighted by atomic mass is 79.9. The molecule has 0 aliphatic rings. The Morgan fingerprint density at radius 1 is 1.17 bits per heavy atom. The Morgan fingerprint density at radius 2 is 1.88 bits per heavy atom. The fourth-order valence-electron chi connectivity index (χ4n) is 2.38. The van der Waals surface area contributed by atoms with E-state index in [4.69, 9.17) is 16.3 Å². The van der Waals surface area contributed by atoms with Crippen LogP contribution in [0.3, 0.4) is 0 Å². The van der Waals surface area contributed by atoms with Gasteiger partial charge in [-0.05, 0) is 36.4 Å². The van der Waals surface area contributed by atoms with Crippen LogP contribution >= 0.6 is 27.5 Å². The van der Waals surface area contributed by atoms with Crippen LogP contribution in [-0.2, 0) is 4.74 Å². The second kappa shape index (κ2) is 6.67. The minimum absolute atomic E-state index is 0.143. The van der Waals surface area contributed by atoms with Gasteiger partial charge in [0, 0.05) is 26.1 Å². The van der Waals surface area contributed by atoms with Crippen molar-refractivity contribution in [2.45, 2.75) is 0 Å². The normalized spacial score (nSPS) is 10.6. The molecule has 0 saturated carbocycles. The smallest absolute Gasteiger partial charge is 0.340 e. The van der Waals surface area contributed by atoms with Crippen molar-refractivity contribution in [3.8, 4) is 0 Å². The van der Waals surface area contributed by atoms with E-state index >= 15 is 0 Å². The molecule has 0 aliphatic carbocycles. The lowest BCUT2D eigenvalue weighted by atomic mass is 10.1. The number of hydrogen-bond acceptors (Lipinski definition) is 3. The topological polar surface area (TPSA) is 71.2 Å². The van der Waals surface area contributed by atoms with Gasteiger partial charge in [-0.15, -0.1) is 0 Å². The van der Waals surface area contributed by atoms with Crippen molar-refractivity contribution in [3.05, 3.63) is 63.2 Å². The number of aromatic amines is 1. The number of fused-ring (bicyclic) bond motifs is 1. The van der Waals surface area contributed by atoms with Crippen LogP contribution in [-0.4, -0.2) is 24.0 Å². The third kappa shape index (κ3) is 3.16. The van der Waals surface area contributed by atoms with Crippen LogP contribution in [0.25, 0.3) is 10.9 Å². The number of aromatic nitrogens is 1. The average molecular weight is 408 g/mol. The summed E-state index contributed by atoms with van der Waals surface area (Å²) >= 11 is 9.20. The first-order valence-electron chi connectivity index (χ1n) is 6.96. The van der Waals surface area contributed by atoms with Gasteiger partial charge >= 0.3 is 5.97 Å². The lowest BCUT2D eigenvalue weighted by Crippen LogP contribution is -2.16. The number of anilines is 1. The molecule has 0 aliphatic heterocycles. The van der Waals surface area contributed by atoms with E-state index in [9.17, 15) is 9.59 Å². The molecule has 122 valence electrons. The molecule has 0 atom stereocenters. The van der Waals surface area contributed by atoms with Crippen LogP contribution in [0.5, 0.6) is 0 Å². The van der Waals surface area contributed by atoms with Gasteiger partial charge in [-0.1, -0.05) is 33.6 Å². The van der Waals surface area contributed by atoms with E-state index in [1.165, 1.54) is 7.11 Å². The molecule has 1 amide bonds. The quantitative estimate of drug-likeness (QED) is 0.622. The maximum atomic E-state index is 12.6. The van der Waals surface area contributed by atoms with Crippen LogP contribution in [0, 0.1) is 0 Å². The number of hydrogen-bond donors (Lipinski definition) is 2. The number of ether oxygens (including phenoxy) is 1. The summed E-state index contributed by atoms with van der Waals surface area (Å²) in [6.07, 6.45) is 0. The Balaban J connectivity index is 2.05. The highest BCUT2D eigenvalue weighted by Crippen LogP contribution is 2.27. The molecule has 0 bridgehead atoms. The molecule has 3 rings (SSSR count). The summed E-state index contributed by atoms with van der Waals surface area (Å²) in [6.45, 7) is 0. The van der Waals surface area contributed by atoms with Gasteiger partial charge in [0.05, 0.1) is 12.7 Å². The van der Waals surface area contributed by atoms with Crippen LogP contribution in [0.4, 0.5) is 5.69 Å². The molecule has 5 nitrogen and oxygen atoms in total. The SMILES string of the molecule is COC(=O)c1c(C(=O)Nc2ccc(Cl)cc2)[nH]c2cc(Br)ccc12. The summed E-state index contributed by atoms with van der Waals surface area (Å²) in [4.78, 5) is 27.7. The first-order chi connectivity index (χ1) is 11.5. The minimum Gasteiger partial charge on any atom is -0.465 e. The predicted molar refractivity (Wildman–Crippen MR) is 96.7 cm³/mol. The Kier molecular flexibility index (Phi) is 4.59. The van der Waals surface area contributed by atoms with Crippen molar-refractivity contribution in [3.63, 3.8) is 0 Å². The number of amides is 1. The molecule has 0 radical (unpaired) electrons. The first kappa shape index (κ1) is 16.5. The summed E-state index contributed by atoms with van der Waals surface area (Å²) in [6, 6.07) is 12.0. The highest BCUT2D eigenvalue weighted by molar-refractivity contribution is 9.10. The van der Waals surface area contributed by atoms with Crippen molar-refractivity contribution in [1.82, 2.24) is 4.98 Å². The van der Waals surface area contributed by atoms with E-state index in [1.807, 2.05) is 0 Å². The predicted octanol–water partition coefficient (Wildman–Crippen LogP) is 4.62. The van der Waals surface area contributed by atoms with E-state index in [-0.39, 0.29) is 11.3 Å². The number of carbonyl (C=O) groups excluding carboxylic acids is 2. The van der Waals surface area contributed by atoms with Crippen molar-refractivity contribution < 1.29 is 14.3 Å². The Labute approximate surface area is 151 Å². The fourth-order valence-corrected chi connectivity index (χ4v) is 2.87. The molecule has 0 fully saturated rings. The summed E-state index contributed by atoms with van der Waals surface area (Å²) in [7, 11) is 1.28. The second-order valence-corrected chi connectivity index (χ2v) is 6.37. The molecule has 1 aromatic heterocycles. The van der Waals surface area contributed by atoms with E-state index < -0.39 is 11.9 Å². The first-order valence-corrected chi connectivity index (χ1v) is 8.13. The number of H-pyrrole nitrogens is 1. The van der Waals surface area contributed by atoms with Crippen LogP contribution < -0.4 is 5.32 Å². The number of nitrogens with one attached hydrogen (secondary N) is 2. The maximum Gasteiger partial charge on any atom is 0.340 e. The molecule has 24 heavy (non-hydrogen) atoms. The summed E-state index contributed by atoms with van der Waals surface area (Å²) in [5.74, 6) is -1.02. The van der Waals surface area contributed by atoms with Gasteiger partial charge in [-0.3, -0.25) is 4.79 Å². The number of methoxy groups -OCH3 is 1. The molecule has 2 aromatic carbocycles. The van der Waals surface area contributed by atoms with Crippen molar-refractivity contribution in [2.75, 3.05) is 12.4 Å². The van der Waals surface area contributed by atoms with Gasteiger partial charge in [0.15, 0.2) is 0 Å². The van der Waals surface area contributed by atoms with Gasteiger partial charge in [0.1, 0.15) is 5.69 Å². The van der Waals surface area contributed by atoms with Crippen LogP contribution in [0.2, 0.25) is 5.02 Å². The van der Waals surface area contributed by atoms with Gasteiger partial charge in [-0.2, -0.15) is 0 Å². The van der Waals surface area contributed by atoms with Gasteiger partial charge in [0.25, 0.3) is 5.91 Å². The lowest BCUT2D eigenvalue weighted by Gasteiger charge is -2.06. The number of esters is 1. The fraction of sp³-hybridized carbons (Fsp3) is 0.0588. The number of benzene rings is 2. The zero-order chi connectivity index (χ0) is 17.3. The molecule has 0 spiro atoms. The zero-order valence-corrected chi connectivity index (χ0v) is 14.9. The van der Waals surface area contributed by atoms with E-state index in [0.717, 1.165) is 4.47 Å². The standard InChI is InChI=1S/C17H12BrClN2O3/c1-24-17(23)14-12-7-2-9(18)8-13(12)21-15(14)16(22)20-11-5-3-10(19)4-6-11/h2-8,21H,1H3,(H,20,22). The summed E-state index contributed by atoms with van der Waals surface area (Å²) < 4.78 is 5.65. The van der Waals surface area contributed by atoms with E-state index in [0.29, 0.717) is 21.6 Å². The molecule has 2 N–H and O–H groups in total. The van der Waals surface area contributed by atoms with Crippen molar-refractivity contribution in [2.24, 2.45) is 0 Å². The molecule has 3 aromatic rings. The average Bonchev–Trinajstić information content (AvgIpc) is 2.94. The molecular formula is C17H12BrClN2O3. The van der Waals surface area contributed by atoms with E-state index in [1.54, 1.807) is 42.5 Å². The largest absolute Gasteiger partial charge is 0.465 e. The Bertz CT molecular complexity index is 935. The molecule has 0 unspecified atom stereocenters. The number of halogens is 2.